The zero-order valence-electron chi connectivity index (χ0n) is 15.7. The molecule has 1 aliphatic carbocycles. The fraction of sp³-hybridized carbons (Fsp3) is 0.300. The van der Waals surface area contributed by atoms with E-state index < -0.39 is 0 Å². The number of ether oxygens (including phenoxy) is 1. The molecule has 0 fully saturated rings. The van der Waals surface area contributed by atoms with Crippen molar-refractivity contribution in [2.75, 3.05) is 27.2 Å². The molecule has 0 bridgehead atoms. The van der Waals surface area contributed by atoms with Gasteiger partial charge in [0.1, 0.15) is 11.5 Å². The highest BCUT2D eigenvalue weighted by molar-refractivity contribution is 6.30. The van der Waals surface area contributed by atoms with Crippen LogP contribution in [0.5, 0.6) is 11.5 Å². The van der Waals surface area contributed by atoms with Crippen LogP contribution in [0.1, 0.15) is 43.8 Å². The fourth-order valence-corrected chi connectivity index (χ4v) is 3.13. The van der Waals surface area contributed by atoms with Gasteiger partial charge in [-0.1, -0.05) is 24.3 Å². The molecule has 0 atom stereocenters. The van der Waals surface area contributed by atoms with E-state index in [1.165, 1.54) is 0 Å². The van der Waals surface area contributed by atoms with Gasteiger partial charge in [0.05, 0.1) is 17.7 Å². The first kappa shape index (κ1) is 23.9. The van der Waals surface area contributed by atoms with Gasteiger partial charge in [0.2, 0.25) is 0 Å². The summed E-state index contributed by atoms with van der Waals surface area (Å²) in [6.07, 6.45) is 0.763. The quantitative estimate of drug-likeness (QED) is 0.588. The van der Waals surface area contributed by atoms with Crippen molar-refractivity contribution >= 4 is 36.4 Å². The van der Waals surface area contributed by atoms with E-state index in [-0.39, 0.29) is 65.4 Å². The highest BCUT2D eigenvalue weighted by Gasteiger charge is 2.35. The van der Waals surface area contributed by atoms with Crippen LogP contribution in [-0.2, 0) is 6.54 Å². The molecule has 0 saturated heterocycles. The zero-order chi connectivity index (χ0) is 18.8. The zero-order valence-corrected chi connectivity index (χ0v) is 17.4. The maximum absolute atomic E-state index is 13.0. The van der Waals surface area contributed by atoms with E-state index >= 15 is 0 Å². The summed E-state index contributed by atoms with van der Waals surface area (Å²) in [5.74, 6) is -0.654. The average molecular weight is 427 g/mol. The molecule has 0 aliphatic heterocycles. The maximum Gasteiger partial charge on any atom is 0.198 e. The first-order valence-corrected chi connectivity index (χ1v) is 8.50. The molecule has 0 radical (unpaired) electrons. The first-order chi connectivity index (χ1) is 12.5. The molecule has 0 unspecified atom stereocenters. The van der Waals surface area contributed by atoms with E-state index in [1.807, 2.05) is 19.0 Å². The predicted octanol–water partition coefficient (Wildman–Crippen LogP) is 2.80. The standard InChI is InChI=1S/C20H22N2O4.2ClH/c1-22(2)8-5-9-26-15-10-12(11-21)18(23)17-16(15)19(24)13-6-3-4-7-14(13)20(17)25;;/h3-4,6-7,10,23H,5,8-9,11,21H2,1-2H3;2*1H. The van der Waals surface area contributed by atoms with E-state index in [0.717, 1.165) is 13.0 Å². The third-order valence-corrected chi connectivity index (χ3v) is 4.44. The lowest BCUT2D eigenvalue weighted by atomic mass is 9.82. The maximum atomic E-state index is 13.0. The van der Waals surface area contributed by atoms with Gasteiger partial charge < -0.3 is 20.5 Å². The summed E-state index contributed by atoms with van der Waals surface area (Å²) < 4.78 is 5.82. The summed E-state index contributed by atoms with van der Waals surface area (Å²) in [6.45, 7) is 1.26. The average Bonchev–Trinajstić information content (AvgIpc) is 2.63. The third-order valence-electron chi connectivity index (χ3n) is 4.44. The van der Waals surface area contributed by atoms with Gasteiger partial charge in [-0.15, -0.1) is 24.8 Å². The minimum Gasteiger partial charge on any atom is -0.507 e. The topological polar surface area (TPSA) is 92.9 Å². The molecule has 1 aliphatic rings. The van der Waals surface area contributed by atoms with Gasteiger partial charge in [-0.3, -0.25) is 9.59 Å². The number of aromatic hydroxyl groups is 1. The Morgan fingerprint density at radius 1 is 1.04 bits per heavy atom. The van der Waals surface area contributed by atoms with Crippen molar-refractivity contribution in [3.8, 4) is 11.5 Å². The second-order valence-electron chi connectivity index (χ2n) is 6.55. The molecular formula is C20H24Cl2N2O4. The summed E-state index contributed by atoms with van der Waals surface area (Å²) in [5, 5.41) is 10.5. The molecule has 0 aromatic heterocycles. The minimum absolute atomic E-state index is 0. The monoisotopic (exact) mass is 426 g/mol. The Bertz CT molecular complexity index is 885. The fourth-order valence-electron chi connectivity index (χ4n) is 3.13. The van der Waals surface area contributed by atoms with Gasteiger partial charge in [0.15, 0.2) is 11.6 Å². The second-order valence-corrected chi connectivity index (χ2v) is 6.55. The summed E-state index contributed by atoms with van der Waals surface area (Å²) >= 11 is 0. The Morgan fingerprint density at radius 3 is 2.14 bits per heavy atom. The van der Waals surface area contributed by atoms with Crippen LogP contribution in [0, 0.1) is 0 Å². The van der Waals surface area contributed by atoms with Crippen LogP contribution in [0.4, 0.5) is 0 Å². The van der Waals surface area contributed by atoms with Crippen LogP contribution in [0.15, 0.2) is 30.3 Å². The van der Waals surface area contributed by atoms with Crippen molar-refractivity contribution in [2.45, 2.75) is 13.0 Å². The molecule has 0 saturated carbocycles. The molecule has 3 rings (SSSR count). The molecule has 2 aromatic carbocycles. The molecular weight excluding hydrogens is 403 g/mol. The van der Waals surface area contributed by atoms with E-state index in [2.05, 4.69) is 0 Å². The summed E-state index contributed by atoms with van der Waals surface area (Å²) in [6, 6.07) is 8.16. The van der Waals surface area contributed by atoms with Gasteiger partial charge in [-0.05, 0) is 26.6 Å². The number of benzene rings is 2. The Balaban J connectivity index is 0.00000196. The molecule has 8 heteroatoms. The number of nitrogens with zero attached hydrogens (tertiary/aromatic N) is 1. The molecule has 3 N–H and O–H groups in total. The lowest BCUT2D eigenvalue weighted by Gasteiger charge is -2.23. The van der Waals surface area contributed by atoms with Crippen molar-refractivity contribution < 1.29 is 19.4 Å². The number of nitrogens with two attached hydrogens (primary N) is 1. The summed E-state index contributed by atoms with van der Waals surface area (Å²) in [5.41, 5.74) is 6.80. The molecule has 0 heterocycles. The molecule has 28 heavy (non-hydrogen) atoms. The number of hydrogen-bond donors (Lipinski definition) is 2. The van der Waals surface area contributed by atoms with Crippen LogP contribution in [0.2, 0.25) is 0 Å². The number of carbonyl (C=O) groups excluding carboxylic acids is 2. The smallest absolute Gasteiger partial charge is 0.198 e. The van der Waals surface area contributed by atoms with Crippen molar-refractivity contribution in [1.29, 1.82) is 0 Å². The number of phenols is 1. The second kappa shape index (κ2) is 9.89. The van der Waals surface area contributed by atoms with Crippen LogP contribution in [-0.4, -0.2) is 48.8 Å². The van der Waals surface area contributed by atoms with Crippen LogP contribution >= 0.6 is 24.8 Å². The van der Waals surface area contributed by atoms with Gasteiger partial charge in [0, 0.05) is 29.8 Å². The summed E-state index contributed by atoms with van der Waals surface area (Å²) in [4.78, 5) is 27.9. The van der Waals surface area contributed by atoms with Gasteiger partial charge in [-0.2, -0.15) is 0 Å². The predicted molar refractivity (Wildman–Crippen MR) is 112 cm³/mol. The number of carbonyl (C=O) groups is 2. The van der Waals surface area contributed by atoms with Gasteiger partial charge in [-0.25, -0.2) is 0 Å². The van der Waals surface area contributed by atoms with E-state index in [9.17, 15) is 14.7 Å². The van der Waals surface area contributed by atoms with Crippen molar-refractivity contribution in [3.63, 3.8) is 0 Å². The number of phenolic OH excluding ortho intramolecular Hbond substituents is 1. The van der Waals surface area contributed by atoms with Gasteiger partial charge >= 0.3 is 0 Å². The number of fused-ring (bicyclic) bond motifs is 2. The largest absolute Gasteiger partial charge is 0.507 e. The highest BCUT2D eigenvalue weighted by Crippen LogP contribution is 2.40. The van der Waals surface area contributed by atoms with E-state index in [1.54, 1.807) is 30.3 Å². The molecule has 2 aromatic rings. The number of rotatable bonds is 6. The lowest BCUT2D eigenvalue weighted by molar-refractivity contribution is 0.0972. The molecule has 6 nitrogen and oxygen atoms in total. The Morgan fingerprint density at radius 2 is 1.61 bits per heavy atom. The Hall–Kier alpha value is -2.12. The van der Waals surface area contributed by atoms with Crippen LogP contribution < -0.4 is 10.5 Å². The Kier molecular flexibility index (Phi) is 8.45. The van der Waals surface area contributed by atoms with Gasteiger partial charge in [0.25, 0.3) is 0 Å². The van der Waals surface area contributed by atoms with E-state index in [4.69, 9.17) is 10.5 Å². The number of halogens is 2. The number of ketones is 2. The SMILES string of the molecule is CN(C)CCCOc1cc(CN)c(O)c2c1C(=O)c1ccccc1C2=O.Cl.Cl. The van der Waals surface area contributed by atoms with Crippen LogP contribution in [0.25, 0.3) is 0 Å². The normalized spacial score (nSPS) is 12.0. The van der Waals surface area contributed by atoms with Crippen molar-refractivity contribution in [1.82, 2.24) is 4.90 Å². The third kappa shape index (κ3) is 4.31. The number of hydrogen-bond acceptors (Lipinski definition) is 6. The lowest BCUT2D eigenvalue weighted by Crippen LogP contribution is -2.23. The highest BCUT2D eigenvalue weighted by atomic mass is 35.5. The molecule has 0 spiro atoms. The first-order valence-electron chi connectivity index (χ1n) is 8.50. The van der Waals surface area contributed by atoms with E-state index in [0.29, 0.717) is 23.5 Å². The van der Waals surface area contributed by atoms with Crippen molar-refractivity contribution in [2.24, 2.45) is 5.73 Å². The van der Waals surface area contributed by atoms with Crippen LogP contribution in [0.3, 0.4) is 0 Å². The molecule has 0 amide bonds. The molecule has 152 valence electrons. The van der Waals surface area contributed by atoms with Crippen molar-refractivity contribution in [3.05, 3.63) is 58.1 Å². The Labute approximate surface area is 176 Å². The minimum atomic E-state index is -0.388. The summed E-state index contributed by atoms with van der Waals surface area (Å²) in [7, 11) is 3.93.